The zero-order valence-corrected chi connectivity index (χ0v) is 10.3. The highest BCUT2D eigenvalue weighted by Gasteiger charge is 2.29. The number of nitrogens with zero attached hydrogens (tertiary/aromatic N) is 1. The summed E-state index contributed by atoms with van der Waals surface area (Å²) in [4.78, 5) is 13.1. The van der Waals surface area contributed by atoms with Crippen molar-refractivity contribution in [2.45, 2.75) is 51.6 Å². The molecule has 0 bridgehead atoms. The van der Waals surface area contributed by atoms with Crippen LogP contribution in [0, 0.1) is 0 Å². The van der Waals surface area contributed by atoms with Gasteiger partial charge in [0, 0.05) is 18.6 Å². The first-order valence-electron chi connectivity index (χ1n) is 6.24. The van der Waals surface area contributed by atoms with Gasteiger partial charge in [-0.25, -0.2) is 0 Å². The molecular weight excluding hydrogens is 206 g/mol. The fraction of sp³-hybridized carbons (Fsp3) is 0.917. The van der Waals surface area contributed by atoms with Crippen molar-refractivity contribution in [1.29, 1.82) is 0 Å². The molecular formula is C12H23NO3. The SMILES string of the molecule is CCCC(CC)N1CCOCC1CC(=O)O. The maximum Gasteiger partial charge on any atom is 0.305 e. The maximum absolute atomic E-state index is 10.8. The Bertz CT molecular complexity index is 220. The number of carbonyl (C=O) groups is 1. The summed E-state index contributed by atoms with van der Waals surface area (Å²) < 4.78 is 5.38. The highest BCUT2D eigenvalue weighted by atomic mass is 16.5. The van der Waals surface area contributed by atoms with Gasteiger partial charge in [0.1, 0.15) is 0 Å². The third kappa shape index (κ3) is 3.76. The summed E-state index contributed by atoms with van der Waals surface area (Å²) in [5, 5.41) is 8.89. The third-order valence-corrected chi connectivity index (χ3v) is 3.25. The van der Waals surface area contributed by atoms with E-state index in [1.165, 1.54) is 0 Å². The van der Waals surface area contributed by atoms with Gasteiger partial charge in [0.15, 0.2) is 0 Å². The van der Waals surface area contributed by atoms with E-state index in [1.54, 1.807) is 0 Å². The second-order valence-corrected chi connectivity index (χ2v) is 4.42. The van der Waals surface area contributed by atoms with Crippen molar-refractivity contribution in [1.82, 2.24) is 4.90 Å². The third-order valence-electron chi connectivity index (χ3n) is 3.25. The lowest BCUT2D eigenvalue weighted by Gasteiger charge is -2.40. The second kappa shape index (κ2) is 6.86. The minimum atomic E-state index is -0.730. The highest BCUT2D eigenvalue weighted by Crippen LogP contribution is 2.19. The van der Waals surface area contributed by atoms with E-state index < -0.39 is 5.97 Å². The van der Waals surface area contributed by atoms with Gasteiger partial charge in [0.05, 0.1) is 19.6 Å². The van der Waals surface area contributed by atoms with Crippen LogP contribution in [-0.4, -0.2) is 47.8 Å². The number of hydrogen-bond donors (Lipinski definition) is 1. The van der Waals surface area contributed by atoms with Crippen molar-refractivity contribution in [3.63, 3.8) is 0 Å². The molecule has 1 rings (SSSR count). The van der Waals surface area contributed by atoms with Crippen LogP contribution in [0.25, 0.3) is 0 Å². The monoisotopic (exact) mass is 229 g/mol. The predicted molar refractivity (Wildman–Crippen MR) is 62.6 cm³/mol. The van der Waals surface area contributed by atoms with Gasteiger partial charge in [0.2, 0.25) is 0 Å². The Morgan fingerprint density at radius 3 is 2.88 bits per heavy atom. The first kappa shape index (κ1) is 13.5. The van der Waals surface area contributed by atoms with E-state index in [0.717, 1.165) is 32.4 Å². The zero-order valence-electron chi connectivity index (χ0n) is 10.3. The quantitative estimate of drug-likeness (QED) is 0.753. The van der Waals surface area contributed by atoms with Gasteiger partial charge in [-0.05, 0) is 12.8 Å². The van der Waals surface area contributed by atoms with Crippen LogP contribution in [0.15, 0.2) is 0 Å². The van der Waals surface area contributed by atoms with Crippen LogP contribution in [0.5, 0.6) is 0 Å². The summed E-state index contributed by atoms with van der Waals surface area (Å²) in [6.45, 7) is 6.52. The Kier molecular flexibility index (Phi) is 5.77. The maximum atomic E-state index is 10.8. The van der Waals surface area contributed by atoms with Gasteiger partial charge >= 0.3 is 5.97 Å². The average molecular weight is 229 g/mol. The Morgan fingerprint density at radius 2 is 2.31 bits per heavy atom. The van der Waals surface area contributed by atoms with Crippen molar-refractivity contribution in [2.24, 2.45) is 0 Å². The van der Waals surface area contributed by atoms with E-state index >= 15 is 0 Å². The second-order valence-electron chi connectivity index (χ2n) is 4.42. The van der Waals surface area contributed by atoms with Crippen molar-refractivity contribution >= 4 is 5.97 Å². The molecule has 0 aliphatic carbocycles. The summed E-state index contributed by atoms with van der Waals surface area (Å²) in [5.74, 6) is -0.730. The summed E-state index contributed by atoms with van der Waals surface area (Å²) in [6.07, 6.45) is 3.58. The molecule has 2 atom stereocenters. The van der Waals surface area contributed by atoms with Crippen LogP contribution in [0.1, 0.15) is 39.5 Å². The molecule has 4 nitrogen and oxygen atoms in total. The van der Waals surface area contributed by atoms with E-state index in [0.29, 0.717) is 12.6 Å². The number of rotatable bonds is 6. The van der Waals surface area contributed by atoms with Crippen molar-refractivity contribution in [2.75, 3.05) is 19.8 Å². The molecule has 2 unspecified atom stereocenters. The minimum absolute atomic E-state index is 0.0581. The summed E-state index contributed by atoms with van der Waals surface area (Å²) in [7, 11) is 0. The number of morpholine rings is 1. The normalized spacial score (nSPS) is 24.2. The van der Waals surface area contributed by atoms with Gasteiger partial charge < -0.3 is 9.84 Å². The van der Waals surface area contributed by atoms with Crippen LogP contribution in [0.4, 0.5) is 0 Å². The lowest BCUT2D eigenvalue weighted by molar-refractivity contribution is -0.141. The minimum Gasteiger partial charge on any atom is -0.481 e. The fourth-order valence-electron chi connectivity index (χ4n) is 2.46. The van der Waals surface area contributed by atoms with Gasteiger partial charge in [-0.2, -0.15) is 0 Å². The highest BCUT2D eigenvalue weighted by molar-refractivity contribution is 5.67. The molecule has 94 valence electrons. The van der Waals surface area contributed by atoms with Crippen molar-refractivity contribution < 1.29 is 14.6 Å². The molecule has 4 heteroatoms. The molecule has 1 aliphatic heterocycles. The molecule has 16 heavy (non-hydrogen) atoms. The molecule has 0 spiro atoms. The van der Waals surface area contributed by atoms with Gasteiger partial charge in [-0.1, -0.05) is 20.3 Å². The molecule has 0 aromatic rings. The Hall–Kier alpha value is -0.610. The molecule has 1 N–H and O–H groups in total. The molecule has 0 amide bonds. The van der Waals surface area contributed by atoms with Gasteiger partial charge in [-0.3, -0.25) is 9.69 Å². The van der Waals surface area contributed by atoms with E-state index in [2.05, 4.69) is 18.7 Å². The van der Waals surface area contributed by atoms with E-state index in [1.807, 2.05) is 0 Å². The molecule has 0 radical (unpaired) electrons. The predicted octanol–water partition coefficient (Wildman–Crippen LogP) is 1.74. The molecule has 1 saturated heterocycles. The molecule has 1 heterocycles. The standard InChI is InChI=1S/C12H23NO3/c1-3-5-10(4-2)13-6-7-16-9-11(13)8-12(14)15/h10-11H,3-9H2,1-2H3,(H,14,15). The van der Waals surface area contributed by atoms with Crippen molar-refractivity contribution in [3.8, 4) is 0 Å². The number of carboxylic acid groups (broad SMARTS) is 1. The zero-order chi connectivity index (χ0) is 12.0. The molecule has 1 aliphatic rings. The van der Waals surface area contributed by atoms with Gasteiger partial charge in [0.25, 0.3) is 0 Å². The van der Waals surface area contributed by atoms with Crippen molar-refractivity contribution in [3.05, 3.63) is 0 Å². The van der Waals surface area contributed by atoms with Crippen LogP contribution < -0.4 is 0 Å². The number of ether oxygens (including phenoxy) is 1. The van der Waals surface area contributed by atoms with Crippen LogP contribution in [0.3, 0.4) is 0 Å². The molecule has 0 aromatic heterocycles. The van der Waals surface area contributed by atoms with Crippen LogP contribution in [-0.2, 0) is 9.53 Å². The fourth-order valence-corrected chi connectivity index (χ4v) is 2.46. The first-order chi connectivity index (χ1) is 7.69. The van der Waals surface area contributed by atoms with Gasteiger partial charge in [-0.15, -0.1) is 0 Å². The van der Waals surface area contributed by atoms with Crippen LogP contribution >= 0.6 is 0 Å². The number of hydrogen-bond acceptors (Lipinski definition) is 3. The summed E-state index contributed by atoms with van der Waals surface area (Å²) >= 11 is 0. The number of aliphatic carboxylic acids is 1. The molecule has 1 fully saturated rings. The topological polar surface area (TPSA) is 49.8 Å². The Labute approximate surface area is 97.6 Å². The van der Waals surface area contributed by atoms with E-state index in [9.17, 15) is 4.79 Å². The molecule has 0 saturated carbocycles. The number of carboxylic acids is 1. The smallest absolute Gasteiger partial charge is 0.305 e. The molecule has 0 aromatic carbocycles. The average Bonchev–Trinajstić information content (AvgIpc) is 2.26. The van der Waals surface area contributed by atoms with E-state index in [4.69, 9.17) is 9.84 Å². The Morgan fingerprint density at radius 1 is 1.56 bits per heavy atom. The lowest BCUT2D eigenvalue weighted by atomic mass is 10.0. The Balaban J connectivity index is 2.60. The lowest BCUT2D eigenvalue weighted by Crippen LogP contribution is -2.51. The summed E-state index contributed by atoms with van der Waals surface area (Å²) in [5.41, 5.74) is 0. The summed E-state index contributed by atoms with van der Waals surface area (Å²) in [6, 6.07) is 0.570. The first-order valence-corrected chi connectivity index (χ1v) is 6.24. The van der Waals surface area contributed by atoms with E-state index in [-0.39, 0.29) is 12.5 Å². The largest absolute Gasteiger partial charge is 0.481 e. The van der Waals surface area contributed by atoms with Crippen LogP contribution in [0.2, 0.25) is 0 Å².